The molecule has 0 aliphatic rings. The summed E-state index contributed by atoms with van der Waals surface area (Å²) in [4.78, 5) is 0. The second-order valence-electron chi connectivity index (χ2n) is 1.59. The van der Waals surface area contributed by atoms with Crippen LogP contribution in [0.4, 0.5) is 0 Å². The summed E-state index contributed by atoms with van der Waals surface area (Å²) in [6.45, 7) is 3.53. The van der Waals surface area contributed by atoms with Crippen LogP contribution in [0.2, 0.25) is 0 Å². The molecule has 1 aromatic rings. The summed E-state index contributed by atoms with van der Waals surface area (Å²) < 4.78 is 9.82. The van der Waals surface area contributed by atoms with Gasteiger partial charge in [-0.2, -0.15) is 0 Å². The Morgan fingerprint density at radius 1 is 1.78 bits per heavy atom. The molecule has 0 amide bonds. The van der Waals surface area contributed by atoms with Gasteiger partial charge in [-0.15, -0.1) is 0 Å². The Kier molecular flexibility index (Phi) is 1.58. The van der Waals surface area contributed by atoms with Crippen LogP contribution in [-0.4, -0.2) is 7.11 Å². The molecule has 0 atom stereocenters. The summed E-state index contributed by atoms with van der Waals surface area (Å²) >= 11 is 0. The van der Waals surface area contributed by atoms with Crippen LogP contribution in [0.5, 0.6) is 5.75 Å². The second-order valence-corrected chi connectivity index (χ2v) is 1.59. The van der Waals surface area contributed by atoms with Crippen LogP contribution in [0.3, 0.4) is 0 Å². The zero-order valence-corrected chi connectivity index (χ0v) is 5.26. The quantitative estimate of drug-likeness (QED) is 0.601. The number of hydrogen-bond donors (Lipinski definition) is 0. The lowest BCUT2D eigenvalue weighted by molar-refractivity contribution is 0.406. The monoisotopic (exact) mass is 124 g/mol. The molecule has 0 spiro atoms. The SMILES string of the molecule is C=Cc1cc(OC)co1. The van der Waals surface area contributed by atoms with Gasteiger partial charge in [-0.05, 0) is 6.08 Å². The Labute approximate surface area is 53.7 Å². The molecular formula is C7H8O2. The first-order chi connectivity index (χ1) is 4.36. The Bertz CT molecular complexity index is 200. The molecule has 0 bridgehead atoms. The van der Waals surface area contributed by atoms with E-state index < -0.39 is 0 Å². The minimum Gasteiger partial charge on any atom is -0.493 e. The third kappa shape index (κ3) is 1.13. The van der Waals surface area contributed by atoms with Crippen molar-refractivity contribution in [1.82, 2.24) is 0 Å². The minimum absolute atomic E-state index is 0.727. The van der Waals surface area contributed by atoms with E-state index in [4.69, 9.17) is 9.15 Å². The summed E-state index contributed by atoms with van der Waals surface area (Å²) in [6, 6.07) is 1.77. The van der Waals surface area contributed by atoms with Gasteiger partial charge in [0.05, 0.1) is 7.11 Å². The number of methoxy groups -OCH3 is 1. The molecular weight excluding hydrogens is 116 g/mol. The largest absolute Gasteiger partial charge is 0.493 e. The summed E-state index contributed by atoms with van der Waals surface area (Å²) in [7, 11) is 1.59. The average Bonchev–Trinajstić information content (AvgIpc) is 2.34. The third-order valence-corrected chi connectivity index (χ3v) is 1.03. The summed E-state index contributed by atoms with van der Waals surface area (Å²) in [5.74, 6) is 1.46. The van der Waals surface area contributed by atoms with E-state index in [-0.39, 0.29) is 0 Å². The highest BCUT2D eigenvalue weighted by molar-refractivity contribution is 5.42. The van der Waals surface area contributed by atoms with E-state index in [2.05, 4.69) is 6.58 Å². The average molecular weight is 124 g/mol. The number of furan rings is 1. The van der Waals surface area contributed by atoms with Crippen LogP contribution in [-0.2, 0) is 0 Å². The molecule has 0 fully saturated rings. The Morgan fingerprint density at radius 3 is 2.89 bits per heavy atom. The van der Waals surface area contributed by atoms with Crippen molar-refractivity contribution in [2.75, 3.05) is 7.11 Å². The number of ether oxygens (including phenoxy) is 1. The van der Waals surface area contributed by atoms with Crippen molar-refractivity contribution in [3.63, 3.8) is 0 Å². The van der Waals surface area contributed by atoms with Crippen LogP contribution in [0.15, 0.2) is 23.3 Å². The van der Waals surface area contributed by atoms with Crippen molar-refractivity contribution in [2.24, 2.45) is 0 Å². The molecule has 0 aliphatic heterocycles. The van der Waals surface area contributed by atoms with Crippen molar-refractivity contribution in [3.8, 4) is 5.75 Å². The van der Waals surface area contributed by atoms with E-state index in [1.165, 1.54) is 6.26 Å². The first kappa shape index (κ1) is 5.95. The highest BCUT2D eigenvalue weighted by Crippen LogP contribution is 2.15. The molecule has 0 aromatic carbocycles. The second kappa shape index (κ2) is 2.40. The van der Waals surface area contributed by atoms with Gasteiger partial charge in [-0.3, -0.25) is 0 Å². The zero-order valence-electron chi connectivity index (χ0n) is 5.26. The van der Waals surface area contributed by atoms with Crippen molar-refractivity contribution >= 4 is 6.08 Å². The van der Waals surface area contributed by atoms with Crippen LogP contribution >= 0.6 is 0 Å². The van der Waals surface area contributed by atoms with E-state index in [0.29, 0.717) is 0 Å². The Balaban J connectivity index is 2.86. The molecule has 0 aliphatic carbocycles. The summed E-state index contributed by atoms with van der Waals surface area (Å²) in [5, 5.41) is 0. The molecule has 0 N–H and O–H groups in total. The van der Waals surface area contributed by atoms with Gasteiger partial charge >= 0.3 is 0 Å². The van der Waals surface area contributed by atoms with Gasteiger partial charge in [-0.1, -0.05) is 6.58 Å². The fourth-order valence-corrected chi connectivity index (χ4v) is 0.548. The molecule has 0 unspecified atom stereocenters. The molecule has 0 radical (unpaired) electrons. The molecule has 9 heavy (non-hydrogen) atoms. The third-order valence-electron chi connectivity index (χ3n) is 1.03. The van der Waals surface area contributed by atoms with Gasteiger partial charge in [0.25, 0.3) is 0 Å². The molecule has 48 valence electrons. The fraction of sp³-hybridized carbons (Fsp3) is 0.143. The molecule has 0 saturated carbocycles. The van der Waals surface area contributed by atoms with Crippen molar-refractivity contribution in [3.05, 3.63) is 24.7 Å². The van der Waals surface area contributed by atoms with Crippen molar-refractivity contribution < 1.29 is 9.15 Å². The van der Waals surface area contributed by atoms with Crippen LogP contribution in [0, 0.1) is 0 Å². The molecule has 1 rings (SSSR count). The van der Waals surface area contributed by atoms with Gasteiger partial charge in [0.15, 0.2) is 5.75 Å². The maximum atomic E-state index is 4.96. The maximum absolute atomic E-state index is 4.96. The van der Waals surface area contributed by atoms with Gasteiger partial charge < -0.3 is 9.15 Å². The molecule has 2 heteroatoms. The van der Waals surface area contributed by atoms with Crippen LogP contribution in [0.25, 0.3) is 6.08 Å². The molecule has 1 aromatic heterocycles. The maximum Gasteiger partial charge on any atom is 0.157 e. The van der Waals surface area contributed by atoms with E-state index in [1.807, 2.05) is 0 Å². The summed E-state index contributed by atoms with van der Waals surface area (Å²) in [6.07, 6.45) is 3.17. The normalized spacial score (nSPS) is 9.00. The molecule has 1 heterocycles. The van der Waals surface area contributed by atoms with E-state index in [1.54, 1.807) is 19.3 Å². The lowest BCUT2D eigenvalue weighted by atomic mass is 10.4. The Hall–Kier alpha value is -1.18. The van der Waals surface area contributed by atoms with Gasteiger partial charge in [0.1, 0.15) is 12.0 Å². The predicted molar refractivity (Wildman–Crippen MR) is 35.4 cm³/mol. The standard InChI is InChI=1S/C7H8O2/c1-3-6-4-7(8-2)5-9-6/h3-5H,1H2,2H3. The first-order valence-corrected chi connectivity index (χ1v) is 2.62. The van der Waals surface area contributed by atoms with Gasteiger partial charge in [0, 0.05) is 6.07 Å². The molecule has 2 nitrogen and oxygen atoms in total. The molecule has 0 saturated heterocycles. The minimum atomic E-state index is 0.727. The Morgan fingerprint density at radius 2 is 2.56 bits per heavy atom. The van der Waals surface area contributed by atoms with Crippen LogP contribution < -0.4 is 4.74 Å². The smallest absolute Gasteiger partial charge is 0.157 e. The zero-order chi connectivity index (χ0) is 6.69. The first-order valence-electron chi connectivity index (χ1n) is 2.62. The van der Waals surface area contributed by atoms with Crippen molar-refractivity contribution in [1.29, 1.82) is 0 Å². The van der Waals surface area contributed by atoms with E-state index >= 15 is 0 Å². The van der Waals surface area contributed by atoms with Gasteiger partial charge in [-0.25, -0.2) is 0 Å². The highest BCUT2D eigenvalue weighted by atomic mass is 16.5. The van der Waals surface area contributed by atoms with E-state index in [0.717, 1.165) is 11.5 Å². The van der Waals surface area contributed by atoms with Crippen LogP contribution in [0.1, 0.15) is 5.76 Å². The lowest BCUT2D eigenvalue weighted by Crippen LogP contribution is -1.75. The predicted octanol–water partition coefficient (Wildman–Crippen LogP) is 1.93. The topological polar surface area (TPSA) is 22.4 Å². The lowest BCUT2D eigenvalue weighted by Gasteiger charge is -1.85. The van der Waals surface area contributed by atoms with Gasteiger partial charge in [0.2, 0.25) is 0 Å². The van der Waals surface area contributed by atoms with E-state index in [9.17, 15) is 0 Å². The number of rotatable bonds is 2. The summed E-state index contributed by atoms with van der Waals surface area (Å²) in [5.41, 5.74) is 0. The number of hydrogen-bond acceptors (Lipinski definition) is 2. The highest BCUT2D eigenvalue weighted by Gasteiger charge is 1.94. The fourth-order valence-electron chi connectivity index (χ4n) is 0.548. The van der Waals surface area contributed by atoms with Crippen molar-refractivity contribution in [2.45, 2.75) is 0 Å².